The van der Waals surface area contributed by atoms with Crippen LogP contribution in [0.4, 0.5) is 5.69 Å². The number of hydrogen-bond donors (Lipinski definition) is 1. The summed E-state index contributed by atoms with van der Waals surface area (Å²) in [6.07, 6.45) is 1.45. The minimum Gasteiger partial charge on any atom is -0.490 e. The minimum atomic E-state index is -4.01. The molecule has 0 heterocycles. The number of nitrogens with one attached hydrogen (secondary N) is 1. The highest BCUT2D eigenvalue weighted by atomic mass is 35.5. The van der Waals surface area contributed by atoms with E-state index in [9.17, 15) is 13.2 Å². The maximum Gasteiger partial charge on any atom is 0.264 e. The van der Waals surface area contributed by atoms with E-state index in [2.05, 4.69) is 10.5 Å². The zero-order valence-corrected chi connectivity index (χ0v) is 24.2. The van der Waals surface area contributed by atoms with Gasteiger partial charge in [0.1, 0.15) is 13.2 Å². The van der Waals surface area contributed by atoms with Gasteiger partial charge in [0, 0.05) is 5.02 Å². The van der Waals surface area contributed by atoms with Crippen molar-refractivity contribution in [2.45, 2.75) is 25.3 Å². The molecule has 0 radical (unpaired) electrons. The number of hydrogen-bond acceptors (Lipinski definition) is 6. The van der Waals surface area contributed by atoms with Gasteiger partial charge >= 0.3 is 0 Å². The molecule has 4 aromatic carbocycles. The number of anilines is 1. The number of halogens is 1. The molecule has 0 atom stereocenters. The Kier molecular flexibility index (Phi) is 10.00. The van der Waals surface area contributed by atoms with E-state index >= 15 is 0 Å². The quantitative estimate of drug-likeness (QED) is 0.162. The van der Waals surface area contributed by atoms with E-state index < -0.39 is 22.5 Å². The molecule has 0 unspecified atom stereocenters. The van der Waals surface area contributed by atoms with Crippen LogP contribution in [0.3, 0.4) is 0 Å². The second-order valence-corrected chi connectivity index (χ2v) is 11.3. The average molecular weight is 592 g/mol. The van der Waals surface area contributed by atoms with Crippen molar-refractivity contribution >= 4 is 39.4 Å². The van der Waals surface area contributed by atoms with Gasteiger partial charge in [-0.2, -0.15) is 5.10 Å². The third-order valence-electron chi connectivity index (χ3n) is 5.86. The maximum atomic E-state index is 13.4. The van der Waals surface area contributed by atoms with E-state index in [4.69, 9.17) is 21.1 Å². The minimum absolute atomic E-state index is 0.0823. The molecule has 212 valence electrons. The fourth-order valence-electron chi connectivity index (χ4n) is 3.94. The number of sulfonamides is 1. The van der Waals surface area contributed by atoms with Crippen LogP contribution < -0.4 is 19.2 Å². The maximum absolute atomic E-state index is 13.4. The van der Waals surface area contributed by atoms with E-state index in [-0.39, 0.29) is 4.90 Å². The van der Waals surface area contributed by atoms with Crippen LogP contribution in [0.5, 0.6) is 11.5 Å². The van der Waals surface area contributed by atoms with Crippen LogP contribution in [-0.4, -0.2) is 33.7 Å². The van der Waals surface area contributed by atoms with Crippen LogP contribution in [0.2, 0.25) is 5.02 Å². The van der Waals surface area contributed by atoms with Crippen LogP contribution >= 0.6 is 11.6 Å². The van der Waals surface area contributed by atoms with E-state index in [1.165, 1.54) is 18.3 Å². The van der Waals surface area contributed by atoms with Crippen molar-refractivity contribution in [3.8, 4) is 11.5 Å². The van der Waals surface area contributed by atoms with Gasteiger partial charge in [-0.3, -0.25) is 9.10 Å². The second-order valence-electron chi connectivity index (χ2n) is 9.01. The van der Waals surface area contributed by atoms with Crippen LogP contribution in [0.25, 0.3) is 0 Å². The lowest BCUT2D eigenvalue weighted by molar-refractivity contribution is -0.119. The van der Waals surface area contributed by atoms with Gasteiger partial charge in [0.05, 0.1) is 23.4 Å². The lowest BCUT2D eigenvalue weighted by Gasteiger charge is -2.24. The molecule has 1 amide bonds. The van der Waals surface area contributed by atoms with Gasteiger partial charge in [-0.15, -0.1) is 0 Å². The highest BCUT2D eigenvalue weighted by Crippen LogP contribution is 2.29. The Bertz CT molecular complexity index is 1630. The summed E-state index contributed by atoms with van der Waals surface area (Å²) in [5.41, 5.74) is 5.23. The number of carbonyl (C=O) groups excluding carboxylic acids is 1. The van der Waals surface area contributed by atoms with Gasteiger partial charge in [-0.25, -0.2) is 13.8 Å². The molecule has 10 heteroatoms. The van der Waals surface area contributed by atoms with E-state index in [1.54, 1.807) is 60.7 Å². The Morgan fingerprint density at radius 3 is 2.44 bits per heavy atom. The molecule has 0 aliphatic heterocycles. The third-order valence-corrected chi connectivity index (χ3v) is 7.89. The molecular weight excluding hydrogens is 562 g/mol. The number of nitrogens with zero attached hydrogens (tertiary/aromatic N) is 2. The molecule has 0 spiro atoms. The van der Waals surface area contributed by atoms with Gasteiger partial charge in [-0.05, 0) is 85.1 Å². The molecule has 0 aliphatic rings. The molecular formula is C31H30ClN3O5S. The fourth-order valence-corrected chi connectivity index (χ4v) is 5.59. The second kappa shape index (κ2) is 13.8. The number of ether oxygens (including phenoxy) is 2. The lowest BCUT2D eigenvalue weighted by Crippen LogP contribution is -2.39. The molecule has 0 aliphatic carbocycles. The van der Waals surface area contributed by atoms with E-state index in [0.29, 0.717) is 41.0 Å². The van der Waals surface area contributed by atoms with Gasteiger partial charge in [0.25, 0.3) is 15.9 Å². The molecule has 0 bridgehead atoms. The van der Waals surface area contributed by atoms with E-state index in [1.807, 2.05) is 38.1 Å². The summed E-state index contributed by atoms with van der Waals surface area (Å²) in [5.74, 6) is 0.464. The Hall–Kier alpha value is -4.34. The molecule has 4 aromatic rings. The molecule has 4 rings (SSSR count). The average Bonchev–Trinajstić information content (AvgIpc) is 2.96. The third kappa shape index (κ3) is 8.09. The standard InChI is InChI=1S/C31H30ClN3O5S/c1-3-39-30-19-24(15-16-29(30)40-22-25-10-8-11-26(32)18-25)20-33-34-31(36)21-35(27-12-7-9-23(2)17-27)41(37,38)28-13-5-4-6-14-28/h4-20H,3,21-22H2,1-2H3,(H,34,36)/b33-20-. The molecule has 0 fully saturated rings. The van der Waals surface area contributed by atoms with Gasteiger partial charge in [0.15, 0.2) is 11.5 Å². The van der Waals surface area contributed by atoms with Crippen LogP contribution in [0.1, 0.15) is 23.6 Å². The Labute approximate surface area is 245 Å². The molecule has 0 aromatic heterocycles. The highest BCUT2D eigenvalue weighted by molar-refractivity contribution is 7.92. The normalized spacial score (nSPS) is 11.3. The van der Waals surface area contributed by atoms with Crippen molar-refractivity contribution in [3.05, 3.63) is 119 Å². The summed E-state index contributed by atoms with van der Waals surface area (Å²) in [7, 11) is -4.01. The zero-order valence-electron chi connectivity index (χ0n) is 22.7. The largest absolute Gasteiger partial charge is 0.490 e. The number of hydrazone groups is 1. The van der Waals surface area contributed by atoms with Crippen molar-refractivity contribution < 1.29 is 22.7 Å². The molecule has 1 N–H and O–H groups in total. The van der Waals surface area contributed by atoms with Crippen molar-refractivity contribution in [1.82, 2.24) is 5.43 Å². The van der Waals surface area contributed by atoms with E-state index in [0.717, 1.165) is 15.4 Å². The SMILES string of the molecule is CCOc1cc(/C=N\NC(=O)CN(c2cccc(C)c2)S(=O)(=O)c2ccccc2)ccc1OCc1cccc(Cl)c1. The zero-order chi connectivity index (χ0) is 29.2. The lowest BCUT2D eigenvalue weighted by atomic mass is 10.2. The van der Waals surface area contributed by atoms with Crippen LogP contribution in [0.15, 0.2) is 107 Å². The number of rotatable bonds is 12. The van der Waals surface area contributed by atoms with Gasteiger partial charge in [0.2, 0.25) is 0 Å². The van der Waals surface area contributed by atoms with Crippen LogP contribution in [0, 0.1) is 6.92 Å². The van der Waals surface area contributed by atoms with Gasteiger partial charge in [-0.1, -0.05) is 54.1 Å². The first-order valence-electron chi connectivity index (χ1n) is 12.9. The van der Waals surface area contributed by atoms with Crippen molar-refractivity contribution in [2.24, 2.45) is 5.10 Å². The van der Waals surface area contributed by atoms with Gasteiger partial charge < -0.3 is 9.47 Å². The summed E-state index contributed by atoms with van der Waals surface area (Å²) in [6.45, 7) is 4.00. The monoisotopic (exact) mass is 591 g/mol. The smallest absolute Gasteiger partial charge is 0.264 e. The predicted molar refractivity (Wildman–Crippen MR) is 161 cm³/mol. The fraction of sp³-hybridized carbons (Fsp3) is 0.161. The Morgan fingerprint density at radius 1 is 0.927 bits per heavy atom. The number of benzene rings is 4. The summed E-state index contributed by atoms with van der Waals surface area (Å²) < 4.78 is 39.6. The first-order valence-corrected chi connectivity index (χ1v) is 14.7. The van der Waals surface area contributed by atoms with Crippen molar-refractivity contribution in [2.75, 3.05) is 17.5 Å². The first kappa shape index (κ1) is 29.6. The summed E-state index contributed by atoms with van der Waals surface area (Å²) in [5, 5.41) is 4.67. The Morgan fingerprint density at radius 2 is 1.71 bits per heavy atom. The summed E-state index contributed by atoms with van der Waals surface area (Å²) in [6, 6.07) is 27.6. The molecule has 8 nitrogen and oxygen atoms in total. The first-order chi connectivity index (χ1) is 19.8. The number of amides is 1. The van der Waals surface area contributed by atoms with Crippen molar-refractivity contribution in [1.29, 1.82) is 0 Å². The highest BCUT2D eigenvalue weighted by Gasteiger charge is 2.27. The number of aryl methyl sites for hydroxylation is 1. The summed E-state index contributed by atoms with van der Waals surface area (Å²) >= 11 is 6.06. The summed E-state index contributed by atoms with van der Waals surface area (Å²) in [4.78, 5) is 12.9. The molecule has 0 saturated heterocycles. The number of carbonyl (C=O) groups is 1. The topological polar surface area (TPSA) is 97.3 Å². The van der Waals surface area contributed by atoms with Crippen LogP contribution in [-0.2, 0) is 21.4 Å². The predicted octanol–water partition coefficient (Wildman–Crippen LogP) is 5.97. The Balaban J connectivity index is 1.46. The van der Waals surface area contributed by atoms with Crippen molar-refractivity contribution in [3.63, 3.8) is 0 Å². The molecule has 0 saturated carbocycles. The molecule has 41 heavy (non-hydrogen) atoms.